The van der Waals surface area contributed by atoms with Gasteiger partial charge < -0.3 is 14.8 Å². The molecule has 1 N–H and O–H groups in total. The van der Waals surface area contributed by atoms with Gasteiger partial charge in [0.15, 0.2) is 12.7 Å². The van der Waals surface area contributed by atoms with Gasteiger partial charge in [0.2, 0.25) is 0 Å². The number of para-hydroxylation sites is 1. The van der Waals surface area contributed by atoms with Crippen LogP contribution in [0, 0.1) is 0 Å². The van der Waals surface area contributed by atoms with Gasteiger partial charge in [0.25, 0.3) is 5.91 Å². The fourth-order valence-electron chi connectivity index (χ4n) is 3.51. The Morgan fingerprint density at radius 1 is 1.11 bits per heavy atom. The van der Waals surface area contributed by atoms with Crippen molar-refractivity contribution in [2.75, 3.05) is 18.1 Å². The molecule has 1 aliphatic carbocycles. The average Bonchev–Trinajstić information content (AvgIpc) is 3.11. The van der Waals surface area contributed by atoms with Crippen LogP contribution >= 0.6 is 23.5 Å². The van der Waals surface area contributed by atoms with E-state index in [0.29, 0.717) is 10.3 Å². The highest BCUT2D eigenvalue weighted by Crippen LogP contribution is 2.48. The Bertz CT molecular complexity index is 656. The number of amides is 1. The minimum atomic E-state index is -0.810. The Morgan fingerprint density at radius 3 is 2.50 bits per heavy atom. The number of benzene rings is 1. The van der Waals surface area contributed by atoms with Crippen LogP contribution in [0.15, 0.2) is 24.3 Å². The van der Waals surface area contributed by atoms with Crippen LogP contribution in [0.2, 0.25) is 0 Å². The van der Waals surface area contributed by atoms with E-state index in [1.807, 2.05) is 47.8 Å². The number of ether oxygens (including phenoxy) is 2. The minimum Gasteiger partial charge on any atom is -0.482 e. The summed E-state index contributed by atoms with van der Waals surface area (Å²) < 4.78 is 11.4. The molecule has 0 spiro atoms. The maximum Gasteiger partial charge on any atom is 0.344 e. The zero-order chi connectivity index (χ0) is 19.8. The largest absolute Gasteiger partial charge is 0.482 e. The number of thioether (sulfide) groups is 2. The first-order chi connectivity index (χ1) is 13.6. The highest BCUT2D eigenvalue weighted by atomic mass is 32.2. The van der Waals surface area contributed by atoms with E-state index < -0.39 is 12.1 Å². The molecule has 1 saturated carbocycles. The number of nitrogens with one attached hydrogen (secondary N) is 1. The van der Waals surface area contributed by atoms with Crippen molar-refractivity contribution >= 4 is 35.4 Å². The van der Waals surface area contributed by atoms with Gasteiger partial charge in [-0.1, -0.05) is 43.9 Å². The molecule has 1 aliphatic heterocycles. The van der Waals surface area contributed by atoms with Crippen LogP contribution in [0.1, 0.15) is 55.6 Å². The quantitative estimate of drug-likeness (QED) is 0.521. The smallest absolute Gasteiger partial charge is 0.344 e. The first-order valence-electron chi connectivity index (χ1n) is 10.1. The predicted molar refractivity (Wildman–Crippen MR) is 115 cm³/mol. The third kappa shape index (κ3) is 6.34. The van der Waals surface area contributed by atoms with Crippen LogP contribution in [0.3, 0.4) is 0 Å². The third-order valence-corrected chi connectivity index (χ3v) is 8.09. The van der Waals surface area contributed by atoms with Gasteiger partial charge in [-0.15, -0.1) is 23.5 Å². The summed E-state index contributed by atoms with van der Waals surface area (Å²) >= 11 is 3.78. The minimum absolute atomic E-state index is 0.194. The van der Waals surface area contributed by atoms with E-state index in [0.717, 1.165) is 42.8 Å². The molecule has 2 fully saturated rings. The van der Waals surface area contributed by atoms with E-state index in [1.54, 1.807) is 6.92 Å². The molecule has 0 unspecified atom stereocenters. The number of carbonyl (C=O) groups is 2. The van der Waals surface area contributed by atoms with E-state index in [-0.39, 0.29) is 18.6 Å². The zero-order valence-electron chi connectivity index (χ0n) is 16.4. The zero-order valence-corrected chi connectivity index (χ0v) is 18.0. The van der Waals surface area contributed by atoms with Gasteiger partial charge in [0.05, 0.1) is 4.58 Å². The van der Waals surface area contributed by atoms with Gasteiger partial charge in [-0.25, -0.2) is 4.79 Å². The van der Waals surface area contributed by atoms with E-state index in [1.165, 1.54) is 12.8 Å². The molecule has 0 radical (unpaired) electrons. The normalized spacial score (nSPS) is 19.6. The average molecular weight is 424 g/mol. The summed E-state index contributed by atoms with van der Waals surface area (Å²) in [5, 5.41) is 3.02. The van der Waals surface area contributed by atoms with Crippen molar-refractivity contribution in [2.45, 2.75) is 62.2 Å². The Morgan fingerprint density at radius 2 is 1.79 bits per heavy atom. The van der Waals surface area contributed by atoms with Crippen molar-refractivity contribution in [2.24, 2.45) is 0 Å². The molecule has 2 aliphatic rings. The molecule has 5 nitrogen and oxygen atoms in total. The summed E-state index contributed by atoms with van der Waals surface area (Å²) in [6.45, 7) is 1.42. The Labute approximate surface area is 175 Å². The standard InChI is InChI=1S/C21H29NO4S2/c1-15(20(24)22-16-8-4-2-3-5-9-16)26-19(23)14-25-18-11-7-6-10-17(18)21-27-12-13-28-21/h6-7,10-11,15-16,21H,2-5,8-9,12-14H2,1H3,(H,22,24)/t15-/m1/s1. The number of rotatable bonds is 7. The number of hydrogen-bond acceptors (Lipinski definition) is 6. The lowest BCUT2D eigenvalue weighted by Gasteiger charge is -2.20. The molecule has 1 amide bonds. The van der Waals surface area contributed by atoms with Gasteiger partial charge in [-0.2, -0.15) is 0 Å². The van der Waals surface area contributed by atoms with Gasteiger partial charge in [0.1, 0.15) is 5.75 Å². The predicted octanol–water partition coefficient (Wildman–Crippen LogP) is 4.31. The number of hydrogen-bond donors (Lipinski definition) is 1. The Hall–Kier alpha value is -1.34. The fourth-order valence-corrected chi connectivity index (χ4v) is 6.42. The lowest BCUT2D eigenvalue weighted by molar-refractivity contribution is -0.156. The monoisotopic (exact) mass is 423 g/mol. The SMILES string of the molecule is C[C@@H](OC(=O)COc1ccccc1C1SCCS1)C(=O)NC1CCCCCC1. The maximum atomic E-state index is 12.3. The van der Waals surface area contributed by atoms with Crippen molar-refractivity contribution in [3.63, 3.8) is 0 Å². The van der Waals surface area contributed by atoms with E-state index in [2.05, 4.69) is 5.32 Å². The highest BCUT2D eigenvalue weighted by Gasteiger charge is 2.24. The van der Waals surface area contributed by atoms with Crippen molar-refractivity contribution < 1.29 is 19.1 Å². The summed E-state index contributed by atoms with van der Waals surface area (Å²) in [6, 6.07) is 8.00. The summed E-state index contributed by atoms with van der Waals surface area (Å²) in [6.07, 6.45) is 5.94. The molecule has 1 aromatic carbocycles. The molecule has 7 heteroatoms. The van der Waals surface area contributed by atoms with E-state index >= 15 is 0 Å². The molecule has 0 bridgehead atoms. The third-order valence-electron chi connectivity index (χ3n) is 5.02. The van der Waals surface area contributed by atoms with E-state index in [4.69, 9.17) is 9.47 Å². The van der Waals surface area contributed by atoms with Crippen LogP contribution in [-0.2, 0) is 14.3 Å². The van der Waals surface area contributed by atoms with Crippen molar-refractivity contribution in [3.05, 3.63) is 29.8 Å². The van der Waals surface area contributed by atoms with Crippen LogP contribution < -0.4 is 10.1 Å². The molecule has 3 rings (SSSR count). The lowest BCUT2D eigenvalue weighted by Crippen LogP contribution is -2.42. The molecule has 0 aromatic heterocycles. The van der Waals surface area contributed by atoms with Crippen LogP contribution in [-0.4, -0.2) is 42.1 Å². The van der Waals surface area contributed by atoms with Gasteiger partial charge in [0, 0.05) is 23.1 Å². The molecule has 1 aromatic rings. The Balaban J connectivity index is 1.45. The molecule has 1 heterocycles. The molecular weight excluding hydrogens is 394 g/mol. The summed E-state index contributed by atoms with van der Waals surface area (Å²) in [4.78, 5) is 24.5. The molecule has 1 atom stereocenters. The summed E-state index contributed by atoms with van der Waals surface area (Å²) in [5.41, 5.74) is 1.10. The topological polar surface area (TPSA) is 64.6 Å². The second-order valence-electron chi connectivity index (χ2n) is 7.23. The lowest BCUT2D eigenvalue weighted by atomic mass is 10.1. The van der Waals surface area contributed by atoms with Crippen LogP contribution in [0.25, 0.3) is 0 Å². The van der Waals surface area contributed by atoms with Crippen LogP contribution in [0.4, 0.5) is 0 Å². The van der Waals surface area contributed by atoms with Gasteiger partial charge in [-0.05, 0) is 25.8 Å². The van der Waals surface area contributed by atoms with Gasteiger partial charge >= 0.3 is 5.97 Å². The maximum absolute atomic E-state index is 12.3. The van der Waals surface area contributed by atoms with Crippen molar-refractivity contribution in [1.29, 1.82) is 0 Å². The molecule has 28 heavy (non-hydrogen) atoms. The summed E-state index contributed by atoms with van der Waals surface area (Å²) in [5.74, 6) is 2.21. The van der Waals surface area contributed by atoms with Crippen molar-refractivity contribution in [3.8, 4) is 5.75 Å². The molecule has 154 valence electrons. The van der Waals surface area contributed by atoms with Crippen molar-refractivity contribution in [1.82, 2.24) is 5.32 Å². The highest BCUT2D eigenvalue weighted by molar-refractivity contribution is 8.19. The first kappa shape index (κ1) is 21.4. The first-order valence-corrected chi connectivity index (χ1v) is 12.2. The number of carbonyl (C=O) groups excluding carboxylic acids is 2. The molecular formula is C21H29NO4S2. The second kappa shape index (κ2) is 11.0. The fraction of sp³-hybridized carbons (Fsp3) is 0.619. The number of esters is 1. The second-order valence-corrected chi connectivity index (χ2v) is 9.95. The molecule has 1 saturated heterocycles. The van der Waals surface area contributed by atoms with Crippen LogP contribution in [0.5, 0.6) is 5.75 Å². The Kier molecular flexibility index (Phi) is 8.40. The van der Waals surface area contributed by atoms with E-state index in [9.17, 15) is 9.59 Å². The summed E-state index contributed by atoms with van der Waals surface area (Å²) in [7, 11) is 0. The van der Waals surface area contributed by atoms with Gasteiger partial charge in [-0.3, -0.25) is 4.79 Å².